The van der Waals surface area contributed by atoms with Crippen molar-refractivity contribution in [2.45, 2.75) is 59.6 Å². The van der Waals surface area contributed by atoms with Gasteiger partial charge in [0.05, 0.1) is 17.7 Å². The SMILES string of the molecule is CCCCN1C(=O)N[C@H](c2cccc(NC(C)=O)c2)C(C(=O)OC(C)C)=C1C. The van der Waals surface area contributed by atoms with Gasteiger partial charge in [0.1, 0.15) is 0 Å². The molecule has 0 aromatic heterocycles. The average molecular weight is 387 g/mol. The molecule has 3 amide bonds. The topological polar surface area (TPSA) is 87.7 Å². The fourth-order valence-electron chi connectivity index (χ4n) is 3.16. The number of benzene rings is 1. The number of urea groups is 1. The molecular weight excluding hydrogens is 358 g/mol. The van der Waals surface area contributed by atoms with E-state index in [-0.39, 0.29) is 18.0 Å². The highest BCUT2D eigenvalue weighted by atomic mass is 16.5. The summed E-state index contributed by atoms with van der Waals surface area (Å²) in [5.74, 6) is -0.648. The molecule has 0 bridgehead atoms. The Kier molecular flexibility index (Phi) is 7.20. The second-order valence-electron chi connectivity index (χ2n) is 7.15. The van der Waals surface area contributed by atoms with E-state index in [4.69, 9.17) is 4.74 Å². The van der Waals surface area contributed by atoms with Gasteiger partial charge in [0.25, 0.3) is 0 Å². The smallest absolute Gasteiger partial charge is 0.338 e. The fourth-order valence-corrected chi connectivity index (χ4v) is 3.16. The van der Waals surface area contributed by atoms with Crippen LogP contribution in [0.4, 0.5) is 10.5 Å². The Hall–Kier alpha value is -2.83. The van der Waals surface area contributed by atoms with Crippen molar-refractivity contribution in [2.24, 2.45) is 0 Å². The van der Waals surface area contributed by atoms with E-state index in [0.717, 1.165) is 12.8 Å². The minimum absolute atomic E-state index is 0.193. The lowest BCUT2D eigenvalue weighted by Gasteiger charge is -2.35. The highest BCUT2D eigenvalue weighted by molar-refractivity contribution is 5.95. The molecule has 1 atom stereocenters. The largest absolute Gasteiger partial charge is 0.459 e. The number of ether oxygens (including phenoxy) is 1. The van der Waals surface area contributed by atoms with Gasteiger partial charge < -0.3 is 15.4 Å². The third-order valence-electron chi connectivity index (χ3n) is 4.43. The van der Waals surface area contributed by atoms with E-state index in [1.165, 1.54) is 6.92 Å². The van der Waals surface area contributed by atoms with Gasteiger partial charge in [-0.3, -0.25) is 9.69 Å². The molecule has 0 aliphatic carbocycles. The van der Waals surface area contributed by atoms with Gasteiger partial charge in [0.2, 0.25) is 5.91 Å². The maximum Gasteiger partial charge on any atom is 0.338 e. The second kappa shape index (κ2) is 9.39. The minimum Gasteiger partial charge on any atom is -0.459 e. The lowest BCUT2D eigenvalue weighted by molar-refractivity contribution is -0.143. The van der Waals surface area contributed by atoms with Crippen molar-refractivity contribution in [1.82, 2.24) is 10.2 Å². The summed E-state index contributed by atoms with van der Waals surface area (Å²) in [6.45, 7) is 9.36. The Morgan fingerprint density at radius 3 is 2.64 bits per heavy atom. The summed E-state index contributed by atoms with van der Waals surface area (Å²) < 4.78 is 5.45. The predicted molar refractivity (Wildman–Crippen MR) is 108 cm³/mol. The van der Waals surface area contributed by atoms with Crippen LogP contribution in [0.25, 0.3) is 0 Å². The molecule has 0 spiro atoms. The maximum atomic E-state index is 12.9. The Morgan fingerprint density at radius 1 is 1.32 bits per heavy atom. The Labute approximate surface area is 166 Å². The van der Waals surface area contributed by atoms with Gasteiger partial charge >= 0.3 is 12.0 Å². The zero-order chi connectivity index (χ0) is 20.8. The molecule has 1 aromatic rings. The molecule has 152 valence electrons. The first kappa shape index (κ1) is 21.5. The van der Waals surface area contributed by atoms with Crippen LogP contribution < -0.4 is 10.6 Å². The molecular formula is C21H29N3O4. The van der Waals surface area contributed by atoms with Crippen LogP contribution in [0.3, 0.4) is 0 Å². The average Bonchev–Trinajstić information content (AvgIpc) is 2.60. The van der Waals surface area contributed by atoms with Crippen molar-refractivity contribution in [3.8, 4) is 0 Å². The number of carbonyl (C=O) groups is 3. The number of hydrogen-bond donors (Lipinski definition) is 2. The molecule has 0 saturated carbocycles. The van der Waals surface area contributed by atoms with E-state index in [1.807, 2.05) is 13.0 Å². The van der Waals surface area contributed by atoms with Gasteiger partial charge in [-0.15, -0.1) is 0 Å². The highest BCUT2D eigenvalue weighted by Gasteiger charge is 2.36. The van der Waals surface area contributed by atoms with Crippen LogP contribution in [-0.4, -0.2) is 35.5 Å². The summed E-state index contributed by atoms with van der Waals surface area (Å²) in [5, 5.41) is 5.65. The third-order valence-corrected chi connectivity index (χ3v) is 4.43. The van der Waals surface area contributed by atoms with Gasteiger partial charge in [0, 0.05) is 24.9 Å². The number of allylic oxidation sites excluding steroid dienone is 1. The molecule has 7 heteroatoms. The Morgan fingerprint density at radius 2 is 2.04 bits per heavy atom. The minimum atomic E-state index is -0.648. The number of amides is 3. The van der Waals surface area contributed by atoms with Gasteiger partial charge in [-0.25, -0.2) is 9.59 Å². The van der Waals surface area contributed by atoms with Crippen molar-refractivity contribution in [1.29, 1.82) is 0 Å². The molecule has 2 N–H and O–H groups in total. The van der Waals surface area contributed by atoms with Crippen LogP contribution in [0.1, 0.15) is 59.1 Å². The first-order chi connectivity index (χ1) is 13.2. The summed E-state index contributed by atoms with van der Waals surface area (Å²) >= 11 is 0. The summed E-state index contributed by atoms with van der Waals surface area (Å²) in [6, 6.07) is 6.20. The van der Waals surface area contributed by atoms with Crippen LogP contribution in [0.15, 0.2) is 35.5 Å². The van der Waals surface area contributed by atoms with Gasteiger partial charge in [-0.2, -0.15) is 0 Å². The van der Waals surface area contributed by atoms with Crippen LogP contribution in [0.2, 0.25) is 0 Å². The van der Waals surface area contributed by atoms with Gasteiger partial charge in [-0.1, -0.05) is 25.5 Å². The lowest BCUT2D eigenvalue weighted by atomic mass is 9.94. The molecule has 0 saturated heterocycles. The van der Waals surface area contributed by atoms with E-state index in [2.05, 4.69) is 10.6 Å². The Balaban J connectivity index is 2.48. The number of nitrogens with one attached hydrogen (secondary N) is 2. The van der Waals surface area contributed by atoms with Crippen LogP contribution in [0, 0.1) is 0 Å². The number of esters is 1. The molecule has 0 unspecified atom stereocenters. The molecule has 1 aliphatic rings. The fraction of sp³-hybridized carbons (Fsp3) is 0.476. The predicted octanol–water partition coefficient (Wildman–Crippen LogP) is 3.74. The molecule has 0 radical (unpaired) electrons. The van der Waals surface area contributed by atoms with E-state index in [1.54, 1.807) is 43.9 Å². The van der Waals surface area contributed by atoms with Crippen molar-refractivity contribution >= 4 is 23.6 Å². The number of rotatable bonds is 7. The Bertz CT molecular complexity index is 786. The van der Waals surface area contributed by atoms with Crippen molar-refractivity contribution in [3.63, 3.8) is 0 Å². The number of carbonyl (C=O) groups excluding carboxylic acids is 3. The van der Waals surface area contributed by atoms with Crippen LogP contribution in [0.5, 0.6) is 0 Å². The highest BCUT2D eigenvalue weighted by Crippen LogP contribution is 2.32. The lowest BCUT2D eigenvalue weighted by Crippen LogP contribution is -2.48. The quantitative estimate of drug-likeness (QED) is 0.698. The normalized spacial score (nSPS) is 16.9. The first-order valence-electron chi connectivity index (χ1n) is 9.61. The van der Waals surface area contributed by atoms with E-state index < -0.39 is 12.0 Å². The third kappa shape index (κ3) is 5.12. The summed E-state index contributed by atoms with van der Waals surface area (Å²) in [6.07, 6.45) is 1.49. The van der Waals surface area contributed by atoms with Crippen molar-refractivity contribution < 1.29 is 19.1 Å². The number of hydrogen-bond acceptors (Lipinski definition) is 4. The van der Waals surface area contributed by atoms with Gasteiger partial charge in [-0.05, 0) is 44.9 Å². The zero-order valence-electron chi connectivity index (χ0n) is 17.2. The van der Waals surface area contributed by atoms with E-state index in [9.17, 15) is 14.4 Å². The monoisotopic (exact) mass is 387 g/mol. The maximum absolute atomic E-state index is 12.9. The molecule has 0 fully saturated rings. The second-order valence-corrected chi connectivity index (χ2v) is 7.15. The number of nitrogens with zero attached hydrogens (tertiary/aromatic N) is 1. The summed E-state index contributed by atoms with van der Waals surface area (Å²) in [5.41, 5.74) is 2.30. The molecule has 1 heterocycles. The molecule has 2 rings (SSSR count). The molecule has 1 aliphatic heterocycles. The molecule has 7 nitrogen and oxygen atoms in total. The molecule has 28 heavy (non-hydrogen) atoms. The van der Waals surface area contributed by atoms with Crippen molar-refractivity contribution in [2.75, 3.05) is 11.9 Å². The van der Waals surface area contributed by atoms with Crippen molar-refractivity contribution in [3.05, 3.63) is 41.1 Å². The summed E-state index contributed by atoms with van der Waals surface area (Å²) in [4.78, 5) is 38.5. The summed E-state index contributed by atoms with van der Waals surface area (Å²) in [7, 11) is 0. The zero-order valence-corrected chi connectivity index (χ0v) is 17.2. The van der Waals surface area contributed by atoms with E-state index in [0.29, 0.717) is 29.1 Å². The first-order valence-corrected chi connectivity index (χ1v) is 9.61. The van der Waals surface area contributed by atoms with Crippen LogP contribution >= 0.6 is 0 Å². The van der Waals surface area contributed by atoms with E-state index >= 15 is 0 Å². The molecule has 1 aromatic carbocycles. The van der Waals surface area contributed by atoms with Crippen LogP contribution in [-0.2, 0) is 14.3 Å². The number of unbranched alkanes of at least 4 members (excludes halogenated alkanes) is 1. The number of anilines is 1. The standard InChI is InChI=1S/C21H29N3O4/c1-6-7-11-24-14(4)18(20(26)28-13(2)3)19(23-21(24)27)16-9-8-10-17(12-16)22-15(5)25/h8-10,12-13,19H,6-7,11H2,1-5H3,(H,22,25)(H,23,27)/t19-/m1/s1. The van der Waals surface area contributed by atoms with Gasteiger partial charge in [0.15, 0.2) is 0 Å².